The molecule has 22 heavy (non-hydrogen) atoms. The smallest absolute Gasteiger partial charge is 0.330 e. The summed E-state index contributed by atoms with van der Waals surface area (Å²) in [6.45, 7) is 1.19. The van der Waals surface area contributed by atoms with E-state index >= 15 is 0 Å². The molecule has 8 heteroatoms. The number of nitrogens with two attached hydrogens (primary N) is 1. The van der Waals surface area contributed by atoms with Gasteiger partial charge in [0.15, 0.2) is 11.3 Å². The fraction of sp³-hybridized carbons (Fsp3) is 0.429. The van der Waals surface area contributed by atoms with Gasteiger partial charge >= 0.3 is 11.9 Å². The molecule has 0 aromatic carbocycles. The lowest BCUT2D eigenvalue weighted by Gasteiger charge is -2.43. The first-order valence-corrected chi connectivity index (χ1v) is 6.52. The number of hydrogen-bond donors (Lipinski definition) is 4. The van der Waals surface area contributed by atoms with Crippen LogP contribution in [0.3, 0.4) is 0 Å². The van der Waals surface area contributed by atoms with Crippen molar-refractivity contribution in [3.63, 3.8) is 0 Å². The van der Waals surface area contributed by atoms with E-state index in [1.165, 1.54) is 19.1 Å². The van der Waals surface area contributed by atoms with E-state index < -0.39 is 41.1 Å². The van der Waals surface area contributed by atoms with Gasteiger partial charge in [0.05, 0.1) is 17.9 Å². The Balaban J connectivity index is 3.37. The van der Waals surface area contributed by atoms with E-state index in [-0.39, 0.29) is 12.8 Å². The summed E-state index contributed by atoms with van der Waals surface area (Å²) in [5.41, 5.74) is 2.01. The van der Waals surface area contributed by atoms with Crippen LogP contribution >= 0.6 is 0 Å². The van der Waals surface area contributed by atoms with E-state index in [1.807, 2.05) is 0 Å². The molecule has 0 saturated carbocycles. The molecule has 1 unspecified atom stereocenters. The van der Waals surface area contributed by atoms with Crippen molar-refractivity contribution in [1.82, 2.24) is 5.32 Å². The van der Waals surface area contributed by atoms with Gasteiger partial charge in [0.2, 0.25) is 6.41 Å². The Bertz CT molecular complexity index is 556. The zero-order valence-corrected chi connectivity index (χ0v) is 12.0. The largest absolute Gasteiger partial charge is 0.481 e. The van der Waals surface area contributed by atoms with Crippen molar-refractivity contribution in [3.05, 3.63) is 24.3 Å². The van der Waals surface area contributed by atoms with E-state index in [1.54, 1.807) is 12.2 Å². The van der Waals surface area contributed by atoms with Gasteiger partial charge < -0.3 is 21.3 Å². The van der Waals surface area contributed by atoms with Crippen molar-refractivity contribution in [2.75, 3.05) is 0 Å². The molecule has 0 spiro atoms. The minimum absolute atomic E-state index is 0.0146. The molecule has 0 aromatic rings. The summed E-state index contributed by atoms with van der Waals surface area (Å²) in [6.07, 6.45) is 5.56. The molecule has 0 aromatic heterocycles. The highest BCUT2D eigenvalue weighted by Gasteiger charge is 2.57. The van der Waals surface area contributed by atoms with Crippen molar-refractivity contribution in [1.29, 1.82) is 0 Å². The highest BCUT2D eigenvalue weighted by molar-refractivity contribution is 6.01. The number of carbonyl (C=O) groups excluding carboxylic acids is 2. The molecule has 0 heterocycles. The lowest BCUT2D eigenvalue weighted by atomic mass is 9.62. The Morgan fingerprint density at radius 1 is 1.41 bits per heavy atom. The summed E-state index contributed by atoms with van der Waals surface area (Å²) in [5.74, 6) is -3.45. The number of carboxylic acid groups (broad SMARTS) is 2. The zero-order valence-electron chi connectivity index (χ0n) is 12.0. The lowest BCUT2D eigenvalue weighted by molar-refractivity contribution is -0.155. The van der Waals surface area contributed by atoms with Crippen molar-refractivity contribution >= 4 is 24.1 Å². The topological polar surface area (TPSA) is 147 Å². The van der Waals surface area contributed by atoms with Crippen LogP contribution in [0.4, 0.5) is 0 Å². The van der Waals surface area contributed by atoms with Gasteiger partial charge in [0, 0.05) is 0 Å². The van der Waals surface area contributed by atoms with E-state index in [0.717, 1.165) is 0 Å². The molecule has 0 aliphatic heterocycles. The third-order valence-electron chi connectivity index (χ3n) is 3.91. The summed E-state index contributed by atoms with van der Waals surface area (Å²) in [5, 5.41) is 20.5. The first-order valence-electron chi connectivity index (χ1n) is 6.52. The highest BCUT2D eigenvalue weighted by atomic mass is 16.4. The third-order valence-corrected chi connectivity index (χ3v) is 3.91. The molecule has 0 saturated heterocycles. The van der Waals surface area contributed by atoms with Gasteiger partial charge in [0.25, 0.3) is 0 Å². The van der Waals surface area contributed by atoms with Gasteiger partial charge in [-0.15, -0.1) is 0 Å². The summed E-state index contributed by atoms with van der Waals surface area (Å²) in [6, 6.07) is -1.39. The Morgan fingerprint density at radius 3 is 2.45 bits per heavy atom. The second kappa shape index (κ2) is 6.52. The van der Waals surface area contributed by atoms with Crippen LogP contribution < -0.4 is 11.1 Å². The quantitative estimate of drug-likeness (QED) is 0.440. The normalized spacial score (nSPS) is 24.1. The van der Waals surface area contributed by atoms with Gasteiger partial charge in [-0.3, -0.25) is 14.4 Å². The fourth-order valence-corrected chi connectivity index (χ4v) is 2.53. The summed E-state index contributed by atoms with van der Waals surface area (Å²) < 4.78 is 0. The van der Waals surface area contributed by atoms with E-state index in [2.05, 4.69) is 5.32 Å². The predicted octanol–water partition coefficient (Wildman–Crippen LogP) is -0.551. The van der Waals surface area contributed by atoms with E-state index in [4.69, 9.17) is 10.8 Å². The molecular weight excluding hydrogens is 292 g/mol. The molecular formula is C14H18N2O6. The molecule has 1 amide bonds. The fourth-order valence-electron chi connectivity index (χ4n) is 2.53. The number of hydrogen-bond acceptors (Lipinski definition) is 5. The Labute approximate surface area is 126 Å². The van der Waals surface area contributed by atoms with Crippen LogP contribution in [0.5, 0.6) is 0 Å². The highest BCUT2D eigenvalue weighted by Crippen LogP contribution is 2.41. The number of carbonyl (C=O) groups is 4. The summed E-state index contributed by atoms with van der Waals surface area (Å²) >= 11 is 0. The number of rotatable bonds is 8. The maximum atomic E-state index is 12.7. The SMILES string of the molecule is C[C@](NC=O)(C(=O)O)C1(C(=O)[C@@H](N)CC(=O)O)C=CC=CC1. The van der Waals surface area contributed by atoms with Crippen LogP contribution in [0, 0.1) is 5.41 Å². The van der Waals surface area contributed by atoms with Crippen molar-refractivity contribution in [3.8, 4) is 0 Å². The second-order valence-electron chi connectivity index (χ2n) is 5.22. The maximum Gasteiger partial charge on any atom is 0.330 e. The molecule has 8 nitrogen and oxygen atoms in total. The van der Waals surface area contributed by atoms with Gasteiger partial charge in [-0.05, 0) is 13.3 Å². The Morgan fingerprint density at radius 2 is 2.05 bits per heavy atom. The molecule has 5 N–H and O–H groups in total. The van der Waals surface area contributed by atoms with Crippen LogP contribution in [0.25, 0.3) is 0 Å². The predicted molar refractivity (Wildman–Crippen MR) is 75.8 cm³/mol. The number of carboxylic acids is 2. The molecule has 0 radical (unpaired) electrons. The first-order chi connectivity index (χ1) is 10.2. The monoisotopic (exact) mass is 310 g/mol. The number of allylic oxidation sites excluding steroid dienone is 3. The van der Waals surface area contributed by atoms with Crippen LogP contribution in [-0.4, -0.2) is 45.9 Å². The summed E-state index contributed by atoms with van der Waals surface area (Å²) in [4.78, 5) is 45.9. The second-order valence-corrected chi connectivity index (χ2v) is 5.22. The minimum Gasteiger partial charge on any atom is -0.481 e. The van der Waals surface area contributed by atoms with Crippen molar-refractivity contribution in [2.24, 2.45) is 11.1 Å². The zero-order chi connectivity index (χ0) is 17.0. The van der Waals surface area contributed by atoms with Gasteiger partial charge in [-0.25, -0.2) is 4.79 Å². The van der Waals surface area contributed by atoms with Gasteiger partial charge in [-0.1, -0.05) is 24.3 Å². The average Bonchev–Trinajstić information content (AvgIpc) is 2.46. The number of aliphatic carboxylic acids is 2. The van der Waals surface area contributed by atoms with Crippen LogP contribution in [-0.2, 0) is 19.2 Å². The molecule has 1 aliphatic carbocycles. The number of nitrogens with one attached hydrogen (secondary N) is 1. The molecule has 1 aliphatic rings. The lowest BCUT2D eigenvalue weighted by Crippen LogP contribution is -2.66. The molecule has 1 rings (SSSR count). The summed E-state index contributed by atoms with van der Waals surface area (Å²) in [7, 11) is 0. The van der Waals surface area contributed by atoms with E-state index in [9.17, 15) is 24.3 Å². The van der Waals surface area contributed by atoms with Crippen LogP contribution in [0.2, 0.25) is 0 Å². The van der Waals surface area contributed by atoms with Gasteiger partial charge in [-0.2, -0.15) is 0 Å². The number of Topliss-reactive ketones (excluding diaryl/α,β-unsaturated/α-hetero) is 1. The third kappa shape index (κ3) is 2.91. The van der Waals surface area contributed by atoms with Crippen molar-refractivity contribution in [2.45, 2.75) is 31.3 Å². The number of ketones is 1. The Kier molecular flexibility index (Phi) is 5.21. The van der Waals surface area contributed by atoms with E-state index in [0.29, 0.717) is 0 Å². The van der Waals surface area contributed by atoms with Gasteiger partial charge in [0.1, 0.15) is 0 Å². The molecule has 0 fully saturated rings. The average molecular weight is 310 g/mol. The standard InChI is InChI=1S/C14H18N2O6/c1-13(12(21)22,16-8-17)14(5-3-2-4-6-14)11(20)9(15)7-10(18)19/h2-5,8-9H,6-7,15H2,1H3,(H,16,17)(H,18,19)(H,21,22)/t9-,13-,14?/m0/s1. The minimum atomic E-state index is -1.96. The molecule has 120 valence electrons. The first kappa shape index (κ1) is 17.6. The van der Waals surface area contributed by atoms with Crippen LogP contribution in [0.15, 0.2) is 24.3 Å². The molecule has 3 atom stereocenters. The Hall–Kier alpha value is -2.48. The van der Waals surface area contributed by atoms with Crippen molar-refractivity contribution < 1.29 is 29.4 Å². The molecule has 0 bridgehead atoms. The number of amides is 1. The maximum absolute atomic E-state index is 12.7. The van der Waals surface area contributed by atoms with Crippen LogP contribution in [0.1, 0.15) is 19.8 Å².